The predicted octanol–water partition coefficient (Wildman–Crippen LogP) is 2.97. The molecule has 21 heavy (non-hydrogen) atoms. The van der Waals surface area contributed by atoms with E-state index in [0.29, 0.717) is 12.1 Å². The van der Waals surface area contributed by atoms with Crippen molar-refractivity contribution < 1.29 is 9.53 Å². The van der Waals surface area contributed by atoms with Gasteiger partial charge in [-0.3, -0.25) is 9.69 Å². The second kappa shape index (κ2) is 7.05. The predicted molar refractivity (Wildman–Crippen MR) is 83.4 cm³/mol. The lowest BCUT2D eigenvalue weighted by molar-refractivity contribution is -0.155. The first-order valence-electron chi connectivity index (χ1n) is 6.81. The van der Waals surface area contributed by atoms with Gasteiger partial charge in [0.2, 0.25) is 0 Å². The van der Waals surface area contributed by atoms with Crippen LogP contribution < -0.4 is 0 Å². The highest BCUT2D eigenvalue weighted by Gasteiger charge is 2.17. The number of nitrogens with zero attached hydrogens (tertiary/aromatic N) is 2. The summed E-state index contributed by atoms with van der Waals surface area (Å²) in [5.41, 5.74) is 2.06. The molecule has 4 heteroatoms. The molecule has 0 N–H and O–H groups in total. The maximum atomic E-state index is 11.8. The third kappa shape index (κ3) is 5.80. The van der Waals surface area contributed by atoms with Crippen molar-refractivity contribution in [3.63, 3.8) is 0 Å². The highest BCUT2D eigenvalue weighted by molar-refractivity contribution is 5.72. The number of nitriles is 1. The number of benzene rings is 1. The van der Waals surface area contributed by atoms with E-state index in [1.54, 1.807) is 18.2 Å². The van der Waals surface area contributed by atoms with Crippen LogP contribution in [0.2, 0.25) is 0 Å². The van der Waals surface area contributed by atoms with E-state index in [1.165, 1.54) is 0 Å². The van der Waals surface area contributed by atoms with Gasteiger partial charge in [-0.2, -0.15) is 5.26 Å². The van der Waals surface area contributed by atoms with Crippen LogP contribution in [0, 0.1) is 11.3 Å². The van der Waals surface area contributed by atoms with Crippen LogP contribution >= 0.6 is 0 Å². The summed E-state index contributed by atoms with van der Waals surface area (Å²) in [5.74, 6) is -0.251. The van der Waals surface area contributed by atoms with Gasteiger partial charge in [0.15, 0.2) is 0 Å². The van der Waals surface area contributed by atoms with E-state index < -0.39 is 5.60 Å². The SMILES string of the molecule is C=Cc1cc(C#N)ccc1CN(C)CC(=O)OC(C)(C)C. The van der Waals surface area contributed by atoms with Gasteiger partial charge in [-0.1, -0.05) is 18.7 Å². The van der Waals surface area contributed by atoms with Crippen molar-refractivity contribution in [3.8, 4) is 6.07 Å². The molecule has 1 rings (SSSR count). The summed E-state index contributed by atoms with van der Waals surface area (Å²) in [6.07, 6.45) is 1.72. The fourth-order valence-corrected chi connectivity index (χ4v) is 1.94. The molecule has 0 amide bonds. The second-order valence-electron chi connectivity index (χ2n) is 5.99. The number of esters is 1. The molecule has 0 atom stereocenters. The summed E-state index contributed by atoms with van der Waals surface area (Å²) >= 11 is 0. The van der Waals surface area contributed by atoms with Crippen molar-refractivity contribution in [1.82, 2.24) is 4.90 Å². The summed E-state index contributed by atoms with van der Waals surface area (Å²) in [7, 11) is 1.86. The fraction of sp³-hybridized carbons (Fsp3) is 0.412. The van der Waals surface area contributed by atoms with Gasteiger partial charge >= 0.3 is 5.97 Å². The molecular weight excluding hydrogens is 264 g/mol. The Morgan fingerprint density at radius 3 is 2.67 bits per heavy atom. The second-order valence-corrected chi connectivity index (χ2v) is 5.99. The molecule has 0 fully saturated rings. The first-order chi connectivity index (χ1) is 9.75. The number of carbonyl (C=O) groups excluding carboxylic acids is 1. The minimum atomic E-state index is -0.474. The highest BCUT2D eigenvalue weighted by Crippen LogP contribution is 2.15. The van der Waals surface area contributed by atoms with Gasteiger partial charge in [0, 0.05) is 6.54 Å². The molecule has 0 saturated heterocycles. The fourth-order valence-electron chi connectivity index (χ4n) is 1.94. The van der Waals surface area contributed by atoms with Crippen molar-refractivity contribution in [1.29, 1.82) is 5.26 Å². The molecule has 0 aliphatic carbocycles. The summed E-state index contributed by atoms with van der Waals surface area (Å²) in [4.78, 5) is 13.7. The maximum Gasteiger partial charge on any atom is 0.320 e. The smallest absolute Gasteiger partial charge is 0.320 e. The lowest BCUT2D eigenvalue weighted by Crippen LogP contribution is -2.32. The Hall–Kier alpha value is -2.12. The first kappa shape index (κ1) is 16.9. The van der Waals surface area contributed by atoms with Gasteiger partial charge in [0.25, 0.3) is 0 Å². The van der Waals surface area contributed by atoms with Crippen LogP contribution in [-0.4, -0.2) is 30.1 Å². The lowest BCUT2D eigenvalue weighted by atomic mass is 10.0. The van der Waals surface area contributed by atoms with Gasteiger partial charge < -0.3 is 4.74 Å². The van der Waals surface area contributed by atoms with Gasteiger partial charge in [0.05, 0.1) is 18.2 Å². The van der Waals surface area contributed by atoms with Crippen molar-refractivity contribution >= 4 is 12.0 Å². The zero-order chi connectivity index (χ0) is 16.0. The van der Waals surface area contributed by atoms with Gasteiger partial charge in [0.1, 0.15) is 5.60 Å². The number of likely N-dealkylation sites (N-methyl/N-ethyl adjacent to an activating group) is 1. The van der Waals surface area contributed by atoms with Crippen LogP contribution in [0.4, 0.5) is 0 Å². The highest BCUT2D eigenvalue weighted by atomic mass is 16.6. The van der Waals surface area contributed by atoms with E-state index in [9.17, 15) is 4.79 Å². The molecule has 0 heterocycles. The zero-order valence-corrected chi connectivity index (χ0v) is 13.1. The van der Waals surface area contributed by atoms with Crippen LogP contribution in [0.1, 0.15) is 37.5 Å². The number of ether oxygens (including phenoxy) is 1. The van der Waals surface area contributed by atoms with Crippen LogP contribution in [0.15, 0.2) is 24.8 Å². The van der Waals surface area contributed by atoms with Crippen LogP contribution in [0.3, 0.4) is 0 Å². The molecule has 0 spiro atoms. The molecule has 0 bridgehead atoms. The van der Waals surface area contributed by atoms with Crippen molar-refractivity contribution in [3.05, 3.63) is 41.5 Å². The lowest BCUT2D eigenvalue weighted by Gasteiger charge is -2.23. The van der Waals surface area contributed by atoms with Crippen LogP contribution in [0.25, 0.3) is 6.08 Å². The van der Waals surface area contributed by atoms with E-state index in [-0.39, 0.29) is 12.5 Å². The van der Waals surface area contributed by atoms with Gasteiger partial charge in [-0.05, 0) is 51.1 Å². The van der Waals surface area contributed by atoms with Crippen LogP contribution in [-0.2, 0) is 16.1 Å². The quantitative estimate of drug-likeness (QED) is 0.781. The molecule has 0 unspecified atom stereocenters. The van der Waals surface area contributed by atoms with Crippen molar-refractivity contribution in [2.45, 2.75) is 32.9 Å². The summed E-state index contributed by atoms with van der Waals surface area (Å²) in [5, 5.41) is 8.90. The summed E-state index contributed by atoms with van der Waals surface area (Å²) < 4.78 is 5.30. The van der Waals surface area contributed by atoms with E-state index in [1.807, 2.05) is 38.8 Å². The average molecular weight is 286 g/mol. The Kier molecular flexibility index (Phi) is 5.69. The van der Waals surface area contributed by atoms with Crippen LogP contribution in [0.5, 0.6) is 0 Å². The number of rotatable bonds is 5. The molecule has 0 aliphatic rings. The van der Waals surface area contributed by atoms with Crippen molar-refractivity contribution in [2.75, 3.05) is 13.6 Å². The van der Waals surface area contributed by atoms with Gasteiger partial charge in [-0.15, -0.1) is 0 Å². The average Bonchev–Trinajstić information content (AvgIpc) is 2.36. The normalized spacial score (nSPS) is 11.0. The molecule has 0 aromatic heterocycles. The Labute approximate surface area is 126 Å². The molecule has 0 aliphatic heterocycles. The molecule has 112 valence electrons. The Bertz CT molecular complexity index is 565. The number of hydrogen-bond donors (Lipinski definition) is 0. The largest absolute Gasteiger partial charge is 0.459 e. The topological polar surface area (TPSA) is 53.3 Å². The zero-order valence-electron chi connectivity index (χ0n) is 13.1. The van der Waals surface area contributed by atoms with Crippen molar-refractivity contribution in [2.24, 2.45) is 0 Å². The van der Waals surface area contributed by atoms with E-state index >= 15 is 0 Å². The number of hydrogen-bond acceptors (Lipinski definition) is 4. The Balaban J connectivity index is 2.71. The summed E-state index contributed by atoms with van der Waals surface area (Å²) in [6, 6.07) is 7.56. The van der Waals surface area contributed by atoms with E-state index in [0.717, 1.165) is 11.1 Å². The van der Waals surface area contributed by atoms with E-state index in [2.05, 4.69) is 12.6 Å². The standard InChI is InChI=1S/C17H22N2O2/c1-6-14-9-13(10-18)7-8-15(14)11-19(5)12-16(20)21-17(2,3)4/h6-9H,1,11-12H2,2-5H3. The van der Waals surface area contributed by atoms with E-state index in [4.69, 9.17) is 10.00 Å². The minimum absolute atomic E-state index is 0.216. The number of carbonyl (C=O) groups is 1. The molecule has 0 radical (unpaired) electrons. The molecule has 0 saturated carbocycles. The molecule has 1 aromatic rings. The summed E-state index contributed by atoms with van der Waals surface area (Å²) in [6.45, 7) is 10.1. The third-order valence-corrected chi connectivity index (χ3v) is 2.75. The molecular formula is C17H22N2O2. The Morgan fingerprint density at radius 2 is 2.14 bits per heavy atom. The third-order valence-electron chi connectivity index (χ3n) is 2.75. The molecule has 1 aromatic carbocycles. The Morgan fingerprint density at radius 1 is 1.48 bits per heavy atom. The monoisotopic (exact) mass is 286 g/mol. The molecule has 4 nitrogen and oxygen atoms in total. The maximum absolute atomic E-state index is 11.8. The van der Waals surface area contributed by atoms with Gasteiger partial charge in [-0.25, -0.2) is 0 Å². The first-order valence-corrected chi connectivity index (χ1v) is 6.81. The minimum Gasteiger partial charge on any atom is -0.459 e.